The monoisotopic (exact) mass is 342 g/mol. The summed E-state index contributed by atoms with van der Waals surface area (Å²) >= 11 is 0. The second-order valence-electron chi connectivity index (χ2n) is 5.01. The Kier molecular flexibility index (Phi) is 10.9. The number of unbranched alkanes of at least 4 members (excludes halogenated alkanes) is 1. The Morgan fingerprint density at radius 2 is 2.17 bits per heavy atom. The van der Waals surface area contributed by atoms with E-state index in [9.17, 15) is 4.79 Å². The summed E-state index contributed by atoms with van der Waals surface area (Å²) in [5.41, 5.74) is 6.23. The zero-order chi connectivity index (χ0) is 16.4. The van der Waals surface area contributed by atoms with Crippen molar-refractivity contribution in [1.82, 2.24) is 5.32 Å². The quantitative estimate of drug-likeness (QED) is 0.641. The van der Waals surface area contributed by atoms with Crippen molar-refractivity contribution in [3.05, 3.63) is 36.4 Å². The molecule has 1 aromatic carbocycles. The summed E-state index contributed by atoms with van der Waals surface area (Å²) in [5, 5.41) is 2.96. The standard InChI is InChI=1S/C17H26N2O3.ClH/c1-4-6-7-14(12-18)19-17(20)13-8-9-15(22-10-5-2)16(11-13)21-3;/h5,8-9,11,14H,2,4,6-7,10,12,18H2,1,3H3,(H,19,20);1H. The van der Waals surface area contributed by atoms with Crippen molar-refractivity contribution in [2.75, 3.05) is 20.3 Å². The molecule has 0 spiro atoms. The molecule has 5 nitrogen and oxygen atoms in total. The largest absolute Gasteiger partial charge is 0.493 e. The molecule has 1 atom stereocenters. The van der Waals surface area contributed by atoms with Crippen LogP contribution >= 0.6 is 12.4 Å². The third-order valence-corrected chi connectivity index (χ3v) is 3.31. The third kappa shape index (κ3) is 6.93. The average Bonchev–Trinajstić information content (AvgIpc) is 2.56. The van der Waals surface area contributed by atoms with E-state index in [4.69, 9.17) is 15.2 Å². The number of nitrogens with one attached hydrogen (secondary N) is 1. The fourth-order valence-corrected chi connectivity index (χ4v) is 2.04. The van der Waals surface area contributed by atoms with Crippen LogP contribution in [-0.2, 0) is 0 Å². The van der Waals surface area contributed by atoms with Gasteiger partial charge in [0.2, 0.25) is 0 Å². The highest BCUT2D eigenvalue weighted by atomic mass is 35.5. The Hall–Kier alpha value is -1.72. The van der Waals surface area contributed by atoms with E-state index in [0.717, 1.165) is 19.3 Å². The molecule has 1 rings (SSSR count). The summed E-state index contributed by atoms with van der Waals surface area (Å²) in [4.78, 5) is 12.3. The average molecular weight is 343 g/mol. The van der Waals surface area contributed by atoms with Gasteiger partial charge in [0.15, 0.2) is 11.5 Å². The first-order valence-corrected chi connectivity index (χ1v) is 7.58. The molecular weight excluding hydrogens is 316 g/mol. The number of hydrogen-bond donors (Lipinski definition) is 2. The van der Waals surface area contributed by atoms with E-state index in [1.807, 2.05) is 0 Å². The van der Waals surface area contributed by atoms with Gasteiger partial charge in [0.1, 0.15) is 6.61 Å². The van der Waals surface area contributed by atoms with E-state index in [1.54, 1.807) is 31.4 Å². The first kappa shape index (κ1) is 21.3. The van der Waals surface area contributed by atoms with E-state index >= 15 is 0 Å². The molecule has 0 radical (unpaired) electrons. The first-order valence-electron chi connectivity index (χ1n) is 7.58. The molecule has 130 valence electrons. The van der Waals surface area contributed by atoms with Crippen LogP contribution in [0.3, 0.4) is 0 Å². The van der Waals surface area contributed by atoms with E-state index in [2.05, 4.69) is 18.8 Å². The Labute approximate surface area is 144 Å². The van der Waals surface area contributed by atoms with Gasteiger partial charge in [-0.05, 0) is 24.6 Å². The van der Waals surface area contributed by atoms with Gasteiger partial charge in [-0.3, -0.25) is 4.79 Å². The second-order valence-corrected chi connectivity index (χ2v) is 5.01. The van der Waals surface area contributed by atoms with Crippen LogP contribution in [0.15, 0.2) is 30.9 Å². The maximum Gasteiger partial charge on any atom is 0.251 e. The second kappa shape index (κ2) is 11.8. The van der Waals surface area contributed by atoms with Gasteiger partial charge >= 0.3 is 0 Å². The number of amides is 1. The molecule has 0 heterocycles. The van der Waals surface area contributed by atoms with E-state index < -0.39 is 0 Å². The van der Waals surface area contributed by atoms with Gasteiger partial charge in [-0.1, -0.05) is 32.4 Å². The zero-order valence-corrected chi connectivity index (χ0v) is 14.7. The Balaban J connectivity index is 0.00000484. The van der Waals surface area contributed by atoms with E-state index in [0.29, 0.717) is 30.2 Å². The van der Waals surface area contributed by atoms with Gasteiger partial charge in [-0.25, -0.2) is 0 Å². The van der Waals surface area contributed by atoms with Gasteiger partial charge in [0.05, 0.1) is 7.11 Å². The van der Waals surface area contributed by atoms with Crippen LogP contribution in [-0.4, -0.2) is 32.2 Å². The predicted molar refractivity (Wildman–Crippen MR) is 95.8 cm³/mol. The van der Waals surface area contributed by atoms with E-state index in [-0.39, 0.29) is 24.4 Å². The van der Waals surface area contributed by atoms with Gasteiger partial charge in [0.25, 0.3) is 5.91 Å². The molecule has 0 saturated carbocycles. The molecule has 0 saturated heterocycles. The number of nitrogens with two attached hydrogens (primary N) is 1. The summed E-state index contributed by atoms with van der Waals surface area (Å²) in [6.07, 6.45) is 4.66. The summed E-state index contributed by atoms with van der Waals surface area (Å²) in [7, 11) is 1.54. The minimum Gasteiger partial charge on any atom is -0.493 e. The van der Waals surface area contributed by atoms with E-state index in [1.165, 1.54) is 0 Å². The number of methoxy groups -OCH3 is 1. The highest BCUT2D eigenvalue weighted by molar-refractivity contribution is 5.95. The minimum atomic E-state index is -0.153. The topological polar surface area (TPSA) is 73.6 Å². The zero-order valence-electron chi connectivity index (χ0n) is 13.8. The number of benzene rings is 1. The number of rotatable bonds is 10. The molecule has 1 aromatic rings. The molecule has 0 aliphatic heterocycles. The molecular formula is C17H27ClN2O3. The number of ether oxygens (including phenoxy) is 2. The maximum atomic E-state index is 12.3. The molecule has 3 N–H and O–H groups in total. The van der Waals surface area contributed by atoms with Gasteiger partial charge in [-0.2, -0.15) is 0 Å². The SMILES string of the molecule is C=CCOc1ccc(C(=O)NC(CN)CCCC)cc1OC.Cl. The lowest BCUT2D eigenvalue weighted by atomic mass is 10.1. The van der Waals surface area contributed by atoms with Crippen LogP contribution in [0.5, 0.6) is 11.5 Å². The van der Waals surface area contributed by atoms with Crippen molar-refractivity contribution in [1.29, 1.82) is 0 Å². The lowest BCUT2D eigenvalue weighted by Gasteiger charge is -2.17. The lowest BCUT2D eigenvalue weighted by molar-refractivity contribution is 0.0935. The molecule has 0 bridgehead atoms. The highest BCUT2D eigenvalue weighted by Crippen LogP contribution is 2.28. The molecule has 0 aliphatic carbocycles. The number of hydrogen-bond acceptors (Lipinski definition) is 4. The smallest absolute Gasteiger partial charge is 0.251 e. The van der Waals surface area contributed by atoms with Crippen LogP contribution in [0.1, 0.15) is 36.5 Å². The molecule has 23 heavy (non-hydrogen) atoms. The molecule has 1 unspecified atom stereocenters. The molecule has 0 aliphatic rings. The van der Waals surface area contributed by atoms with Gasteiger partial charge in [-0.15, -0.1) is 12.4 Å². The Morgan fingerprint density at radius 1 is 1.43 bits per heavy atom. The Bertz CT molecular complexity index is 495. The third-order valence-electron chi connectivity index (χ3n) is 3.31. The first-order chi connectivity index (χ1) is 10.7. The van der Waals surface area contributed by atoms with Crippen molar-refractivity contribution in [2.45, 2.75) is 32.2 Å². The highest BCUT2D eigenvalue weighted by Gasteiger charge is 2.14. The summed E-state index contributed by atoms with van der Waals surface area (Å²) in [6, 6.07) is 5.10. The van der Waals surface area contributed by atoms with Crippen molar-refractivity contribution >= 4 is 18.3 Å². The summed E-state index contributed by atoms with van der Waals surface area (Å²) < 4.78 is 10.7. The Morgan fingerprint density at radius 3 is 2.74 bits per heavy atom. The number of carbonyl (C=O) groups excluding carboxylic acids is 1. The molecule has 0 fully saturated rings. The van der Waals surface area contributed by atoms with Gasteiger partial charge < -0.3 is 20.5 Å². The van der Waals surface area contributed by atoms with Crippen molar-refractivity contribution < 1.29 is 14.3 Å². The van der Waals surface area contributed by atoms with Crippen LogP contribution < -0.4 is 20.5 Å². The molecule has 6 heteroatoms. The lowest BCUT2D eigenvalue weighted by Crippen LogP contribution is -2.40. The maximum absolute atomic E-state index is 12.3. The van der Waals surface area contributed by atoms with Crippen molar-refractivity contribution in [2.24, 2.45) is 5.73 Å². The fraction of sp³-hybridized carbons (Fsp3) is 0.471. The predicted octanol–water partition coefficient (Wildman–Crippen LogP) is 2.93. The van der Waals surface area contributed by atoms with Crippen molar-refractivity contribution in [3.8, 4) is 11.5 Å². The summed E-state index contributed by atoms with van der Waals surface area (Å²) in [5.74, 6) is 0.952. The van der Waals surface area contributed by atoms with Crippen LogP contribution in [0.25, 0.3) is 0 Å². The minimum absolute atomic E-state index is 0. The molecule has 1 amide bonds. The summed E-state index contributed by atoms with van der Waals surface area (Å²) in [6.45, 7) is 6.53. The van der Waals surface area contributed by atoms with Crippen molar-refractivity contribution in [3.63, 3.8) is 0 Å². The normalized spacial score (nSPS) is 11.1. The molecule has 0 aromatic heterocycles. The van der Waals surface area contributed by atoms with Crippen LogP contribution in [0, 0.1) is 0 Å². The van der Waals surface area contributed by atoms with Gasteiger partial charge in [0, 0.05) is 18.2 Å². The number of carbonyl (C=O) groups is 1. The van der Waals surface area contributed by atoms with Crippen LogP contribution in [0.4, 0.5) is 0 Å². The number of halogens is 1. The van der Waals surface area contributed by atoms with Crippen LogP contribution in [0.2, 0.25) is 0 Å². The fourth-order valence-electron chi connectivity index (χ4n) is 2.04.